The SMILES string of the molecule is N#Cc1ccccc1O.N#Cc1ccccc1O.[C-]1=CC=CC1.[C-]1=CC=CC1.[Zr+2]. The average molecular weight is 460 g/mol. The molecule has 0 unspecified atom stereocenters. The summed E-state index contributed by atoms with van der Waals surface area (Å²) >= 11 is 0. The molecular weight excluding hydrogens is 440 g/mol. The van der Waals surface area contributed by atoms with Crippen molar-refractivity contribution >= 4 is 0 Å². The molecule has 0 atom stereocenters. The van der Waals surface area contributed by atoms with Crippen LogP contribution in [0.1, 0.15) is 24.0 Å². The fraction of sp³-hybridized carbons (Fsp3) is 0.0833. The van der Waals surface area contributed by atoms with Crippen molar-refractivity contribution < 1.29 is 36.4 Å². The molecule has 5 heteroatoms. The number of rotatable bonds is 0. The Labute approximate surface area is 191 Å². The molecule has 4 nitrogen and oxygen atoms in total. The number of nitriles is 2. The van der Waals surface area contributed by atoms with Gasteiger partial charge in [0.25, 0.3) is 0 Å². The summed E-state index contributed by atoms with van der Waals surface area (Å²) in [4.78, 5) is 0. The molecule has 29 heavy (non-hydrogen) atoms. The van der Waals surface area contributed by atoms with Gasteiger partial charge in [-0.15, -0.1) is 12.8 Å². The number of benzene rings is 2. The maximum absolute atomic E-state index is 8.89. The number of aromatic hydroxyl groups is 2. The summed E-state index contributed by atoms with van der Waals surface area (Å²) in [6.07, 6.45) is 20.0. The first-order valence-electron chi connectivity index (χ1n) is 8.48. The van der Waals surface area contributed by atoms with Crippen LogP contribution in [0.15, 0.2) is 85.0 Å². The minimum absolute atomic E-state index is 0. The van der Waals surface area contributed by atoms with Gasteiger partial charge in [-0.1, -0.05) is 24.3 Å². The molecule has 2 aliphatic rings. The van der Waals surface area contributed by atoms with Gasteiger partial charge in [0.15, 0.2) is 0 Å². The van der Waals surface area contributed by atoms with Crippen LogP contribution in [0.3, 0.4) is 0 Å². The van der Waals surface area contributed by atoms with Gasteiger partial charge >= 0.3 is 26.2 Å². The zero-order valence-electron chi connectivity index (χ0n) is 15.8. The minimum atomic E-state index is 0. The Morgan fingerprint density at radius 1 is 0.690 bits per heavy atom. The molecule has 142 valence electrons. The Kier molecular flexibility index (Phi) is 15.2. The molecule has 2 aromatic carbocycles. The predicted molar refractivity (Wildman–Crippen MR) is 109 cm³/mol. The van der Waals surface area contributed by atoms with Crippen molar-refractivity contribution in [1.29, 1.82) is 10.5 Å². The van der Waals surface area contributed by atoms with Crippen molar-refractivity contribution in [2.75, 3.05) is 0 Å². The van der Waals surface area contributed by atoms with Crippen LogP contribution in [0.4, 0.5) is 0 Å². The van der Waals surface area contributed by atoms with Crippen LogP contribution in [0.25, 0.3) is 0 Å². The summed E-state index contributed by atoms with van der Waals surface area (Å²) in [6, 6.07) is 16.6. The fourth-order valence-corrected chi connectivity index (χ4v) is 1.82. The standard InChI is InChI=1S/2C7H5NO.2C5H5.Zr/c2*8-5-6-3-1-2-4-7(6)9;2*1-2-4-5-3-1;/h2*1-4,9H;2*1-3H,4H2;/q;;2*-1;+2. The van der Waals surface area contributed by atoms with Gasteiger partial charge in [0, 0.05) is 0 Å². The van der Waals surface area contributed by atoms with Crippen molar-refractivity contribution in [1.82, 2.24) is 0 Å². The molecule has 2 aliphatic carbocycles. The number of phenols is 2. The van der Waals surface area contributed by atoms with Crippen LogP contribution < -0.4 is 0 Å². The Balaban J connectivity index is 0.000000369. The van der Waals surface area contributed by atoms with Crippen molar-refractivity contribution in [2.24, 2.45) is 0 Å². The number of hydrogen-bond acceptors (Lipinski definition) is 4. The van der Waals surface area contributed by atoms with Crippen LogP contribution in [-0.4, -0.2) is 10.2 Å². The summed E-state index contributed by atoms with van der Waals surface area (Å²) in [7, 11) is 0. The summed E-state index contributed by atoms with van der Waals surface area (Å²) in [6.45, 7) is 0. The monoisotopic (exact) mass is 458 g/mol. The normalized spacial score (nSPS) is 11.2. The van der Waals surface area contributed by atoms with E-state index in [2.05, 4.69) is 24.3 Å². The van der Waals surface area contributed by atoms with Gasteiger partial charge in [0.2, 0.25) is 0 Å². The van der Waals surface area contributed by atoms with Crippen LogP contribution in [0, 0.1) is 34.8 Å². The van der Waals surface area contributed by atoms with E-state index in [1.807, 2.05) is 36.4 Å². The molecule has 4 rings (SSSR count). The van der Waals surface area contributed by atoms with Crippen molar-refractivity contribution in [3.8, 4) is 23.6 Å². The van der Waals surface area contributed by atoms with E-state index in [0.29, 0.717) is 11.1 Å². The zero-order valence-corrected chi connectivity index (χ0v) is 18.2. The Hall–Kier alpha value is -3.14. The number of para-hydroxylation sites is 2. The van der Waals surface area contributed by atoms with Gasteiger partial charge in [-0.2, -0.15) is 22.7 Å². The van der Waals surface area contributed by atoms with E-state index in [4.69, 9.17) is 20.7 Å². The molecule has 0 bridgehead atoms. The van der Waals surface area contributed by atoms with Crippen molar-refractivity contribution in [3.05, 3.63) is 108 Å². The van der Waals surface area contributed by atoms with E-state index in [1.165, 1.54) is 12.1 Å². The first-order valence-corrected chi connectivity index (χ1v) is 8.48. The number of phenolic OH excluding ortho intramolecular Hbond substituents is 2. The Morgan fingerprint density at radius 2 is 1.07 bits per heavy atom. The van der Waals surface area contributed by atoms with E-state index in [-0.39, 0.29) is 37.7 Å². The Bertz CT molecular complexity index is 835. The first-order chi connectivity index (χ1) is 13.7. The predicted octanol–water partition coefficient (Wildman–Crippen LogP) is 5.14. The fourth-order valence-electron chi connectivity index (χ4n) is 1.82. The second-order valence-corrected chi connectivity index (χ2v) is 5.26. The van der Waals surface area contributed by atoms with E-state index >= 15 is 0 Å². The van der Waals surface area contributed by atoms with Crippen molar-refractivity contribution in [2.45, 2.75) is 12.8 Å². The number of hydrogen-bond donors (Lipinski definition) is 2. The Morgan fingerprint density at radius 3 is 1.24 bits per heavy atom. The zero-order chi connectivity index (χ0) is 20.5. The second-order valence-electron chi connectivity index (χ2n) is 5.26. The third-order valence-corrected chi connectivity index (χ3v) is 3.22. The van der Waals surface area contributed by atoms with E-state index in [1.54, 1.807) is 36.4 Å². The maximum Gasteiger partial charge on any atom is 2.00 e. The third-order valence-electron chi connectivity index (χ3n) is 3.22. The second kappa shape index (κ2) is 17.0. The van der Waals surface area contributed by atoms with Crippen LogP contribution in [0.5, 0.6) is 11.5 Å². The smallest absolute Gasteiger partial charge is 0.507 e. The summed E-state index contributed by atoms with van der Waals surface area (Å²) < 4.78 is 0. The number of allylic oxidation sites excluding steroid dienone is 8. The van der Waals surface area contributed by atoms with Crippen LogP contribution in [0.2, 0.25) is 0 Å². The molecule has 0 spiro atoms. The first kappa shape index (κ1) is 25.9. The molecule has 2 aromatic rings. The molecule has 0 heterocycles. The van der Waals surface area contributed by atoms with E-state index < -0.39 is 0 Å². The molecule has 0 amide bonds. The van der Waals surface area contributed by atoms with Gasteiger partial charge < -0.3 is 10.2 Å². The van der Waals surface area contributed by atoms with Gasteiger partial charge in [0.05, 0.1) is 11.1 Å². The number of nitrogens with zero attached hydrogens (tertiary/aromatic N) is 2. The summed E-state index contributed by atoms with van der Waals surface area (Å²) in [5, 5.41) is 34.4. The van der Waals surface area contributed by atoms with Crippen molar-refractivity contribution in [3.63, 3.8) is 0 Å². The topological polar surface area (TPSA) is 88.0 Å². The van der Waals surface area contributed by atoms with Gasteiger partial charge in [-0.05, 0) is 24.3 Å². The molecule has 0 saturated heterocycles. The molecule has 2 N–H and O–H groups in total. The van der Waals surface area contributed by atoms with Gasteiger partial charge in [-0.25, -0.2) is 24.3 Å². The largest absolute Gasteiger partial charge is 2.00 e. The summed E-state index contributed by atoms with van der Waals surface area (Å²) in [5.41, 5.74) is 0.634. The van der Waals surface area contributed by atoms with E-state index in [0.717, 1.165) is 12.8 Å². The van der Waals surface area contributed by atoms with E-state index in [9.17, 15) is 0 Å². The molecule has 0 aliphatic heterocycles. The maximum atomic E-state index is 8.89. The van der Waals surface area contributed by atoms with Crippen LogP contribution in [-0.2, 0) is 26.2 Å². The average Bonchev–Trinajstić information content (AvgIpc) is 3.48. The third kappa shape index (κ3) is 12.0. The molecule has 0 fully saturated rings. The van der Waals surface area contributed by atoms with Crippen LogP contribution >= 0.6 is 0 Å². The minimum Gasteiger partial charge on any atom is -0.507 e. The molecule has 0 radical (unpaired) electrons. The molecular formula is C24H20N2O2Zr. The molecule has 0 saturated carbocycles. The van der Waals surface area contributed by atoms with Gasteiger partial charge in [-0.3, -0.25) is 12.2 Å². The van der Waals surface area contributed by atoms with Gasteiger partial charge in [0.1, 0.15) is 23.6 Å². The molecule has 0 aromatic heterocycles. The summed E-state index contributed by atoms with van der Waals surface area (Å²) in [5.74, 6) is 0.0833. The quantitative estimate of drug-likeness (QED) is 0.534.